The zero-order chi connectivity index (χ0) is 19.7. The van der Waals surface area contributed by atoms with Gasteiger partial charge in [-0.25, -0.2) is 4.39 Å². The minimum absolute atomic E-state index is 0.0460. The Hall–Kier alpha value is -2.15. The van der Waals surface area contributed by atoms with Crippen molar-refractivity contribution in [3.05, 3.63) is 29.6 Å². The van der Waals surface area contributed by atoms with Gasteiger partial charge in [-0.3, -0.25) is 9.59 Å². The quantitative estimate of drug-likeness (QED) is 0.738. The van der Waals surface area contributed by atoms with E-state index in [-0.39, 0.29) is 35.8 Å². The first-order valence-electron chi connectivity index (χ1n) is 9.36. The number of amides is 2. The minimum Gasteiger partial charge on any atom is -0.494 e. The number of carbonyl (C=O) groups excluding carboxylic acids is 2. The highest BCUT2D eigenvalue weighted by molar-refractivity contribution is 5.94. The van der Waals surface area contributed by atoms with Crippen molar-refractivity contribution in [3.8, 4) is 5.75 Å². The van der Waals surface area contributed by atoms with Crippen molar-refractivity contribution in [1.29, 1.82) is 0 Å². The molecule has 2 heterocycles. The number of nitrogens with zero attached hydrogens (tertiary/aromatic N) is 2. The Morgan fingerprint density at radius 1 is 1.22 bits per heavy atom. The van der Waals surface area contributed by atoms with E-state index in [9.17, 15) is 14.0 Å². The average Bonchev–Trinajstić information content (AvgIpc) is 2.65. The predicted molar refractivity (Wildman–Crippen MR) is 98.1 cm³/mol. The Morgan fingerprint density at radius 3 is 2.41 bits per heavy atom. The first kappa shape index (κ1) is 19.6. The second-order valence-electron chi connectivity index (χ2n) is 7.47. The molecule has 2 aliphatic rings. The number of benzene rings is 1. The van der Waals surface area contributed by atoms with Crippen LogP contribution in [0.4, 0.5) is 4.39 Å². The number of likely N-dealkylation sites (tertiary alicyclic amines) is 2. The van der Waals surface area contributed by atoms with Gasteiger partial charge in [0.05, 0.1) is 13.2 Å². The number of ether oxygens (including phenoxy) is 2. The fourth-order valence-electron chi connectivity index (χ4n) is 4.24. The summed E-state index contributed by atoms with van der Waals surface area (Å²) in [7, 11) is 2.97. The van der Waals surface area contributed by atoms with Crippen molar-refractivity contribution in [2.75, 3.05) is 27.3 Å². The van der Waals surface area contributed by atoms with Crippen LogP contribution in [0, 0.1) is 11.7 Å². The zero-order valence-corrected chi connectivity index (χ0v) is 16.3. The van der Waals surface area contributed by atoms with E-state index >= 15 is 0 Å². The second kappa shape index (κ2) is 7.84. The van der Waals surface area contributed by atoms with Crippen LogP contribution >= 0.6 is 0 Å². The van der Waals surface area contributed by atoms with Crippen molar-refractivity contribution in [1.82, 2.24) is 9.80 Å². The highest BCUT2D eigenvalue weighted by Crippen LogP contribution is 2.36. The predicted octanol–water partition coefficient (Wildman–Crippen LogP) is 2.32. The van der Waals surface area contributed by atoms with Gasteiger partial charge in [0.25, 0.3) is 11.8 Å². The van der Waals surface area contributed by atoms with Crippen LogP contribution in [-0.2, 0) is 9.53 Å². The van der Waals surface area contributed by atoms with Crippen LogP contribution in [0.25, 0.3) is 0 Å². The number of β-lactam (4-membered cyclic amide) rings is 1. The third-order valence-electron chi connectivity index (χ3n) is 5.65. The van der Waals surface area contributed by atoms with E-state index < -0.39 is 5.82 Å². The molecule has 2 atom stereocenters. The van der Waals surface area contributed by atoms with Crippen molar-refractivity contribution in [2.45, 2.75) is 44.9 Å². The standard InChI is InChI=1S/C20H27FN2O4/c1-12(2)23-17(18(27-4)20(23)25)13-7-9-22(10-8-13)19(24)14-5-6-16(26-3)15(21)11-14/h5-6,11-13,17-18H,7-10H2,1-4H3/t17-,18+/m0/s1. The molecule has 7 heteroatoms. The van der Waals surface area contributed by atoms with Crippen LogP contribution in [-0.4, -0.2) is 67.1 Å². The van der Waals surface area contributed by atoms with Gasteiger partial charge >= 0.3 is 0 Å². The van der Waals surface area contributed by atoms with Gasteiger partial charge in [0.1, 0.15) is 0 Å². The molecule has 0 bridgehead atoms. The molecule has 2 saturated heterocycles. The summed E-state index contributed by atoms with van der Waals surface area (Å²) in [5.41, 5.74) is 0.323. The molecule has 1 aromatic rings. The molecule has 0 unspecified atom stereocenters. The summed E-state index contributed by atoms with van der Waals surface area (Å²) in [6.07, 6.45) is 1.21. The molecule has 2 fully saturated rings. The highest BCUT2D eigenvalue weighted by atomic mass is 19.1. The number of piperidine rings is 1. The van der Waals surface area contributed by atoms with Crippen LogP contribution in [0.3, 0.4) is 0 Å². The molecule has 0 radical (unpaired) electrons. The summed E-state index contributed by atoms with van der Waals surface area (Å²) in [6, 6.07) is 4.48. The maximum atomic E-state index is 13.9. The molecular formula is C20H27FN2O4. The Morgan fingerprint density at radius 2 is 1.89 bits per heavy atom. The van der Waals surface area contributed by atoms with Crippen molar-refractivity contribution >= 4 is 11.8 Å². The average molecular weight is 378 g/mol. The molecule has 0 aromatic heterocycles. The zero-order valence-electron chi connectivity index (χ0n) is 16.3. The Labute approximate surface area is 159 Å². The lowest BCUT2D eigenvalue weighted by atomic mass is 9.79. The molecule has 0 aliphatic carbocycles. The van der Waals surface area contributed by atoms with Crippen LogP contribution < -0.4 is 4.74 Å². The van der Waals surface area contributed by atoms with Crippen molar-refractivity contribution in [2.24, 2.45) is 5.92 Å². The largest absolute Gasteiger partial charge is 0.494 e. The summed E-state index contributed by atoms with van der Waals surface area (Å²) in [4.78, 5) is 28.6. The number of hydrogen-bond acceptors (Lipinski definition) is 4. The number of carbonyl (C=O) groups is 2. The first-order chi connectivity index (χ1) is 12.9. The topological polar surface area (TPSA) is 59.1 Å². The Balaban J connectivity index is 1.64. The van der Waals surface area contributed by atoms with Gasteiger partial charge < -0.3 is 19.3 Å². The normalized spacial score (nSPS) is 23.6. The highest BCUT2D eigenvalue weighted by Gasteiger charge is 2.52. The van der Waals surface area contributed by atoms with E-state index in [0.29, 0.717) is 24.6 Å². The minimum atomic E-state index is -0.540. The molecule has 2 aliphatic heterocycles. The Bertz CT molecular complexity index is 716. The molecule has 27 heavy (non-hydrogen) atoms. The summed E-state index contributed by atoms with van der Waals surface area (Å²) in [6.45, 7) is 5.19. The molecule has 2 amide bonds. The SMILES string of the molecule is COc1ccc(C(=O)N2CCC([C@H]3[C@@H](OC)C(=O)N3C(C)C)CC2)cc1F. The summed E-state index contributed by atoms with van der Waals surface area (Å²) in [5, 5.41) is 0. The lowest BCUT2D eigenvalue weighted by molar-refractivity contribution is -0.181. The monoisotopic (exact) mass is 378 g/mol. The summed E-state index contributed by atoms with van der Waals surface area (Å²) in [5.74, 6) is -0.249. The summed E-state index contributed by atoms with van der Waals surface area (Å²) >= 11 is 0. The molecule has 0 N–H and O–H groups in total. The number of rotatable bonds is 5. The lowest BCUT2D eigenvalue weighted by Crippen LogP contribution is -2.70. The van der Waals surface area contributed by atoms with Gasteiger partial charge in [0.2, 0.25) is 0 Å². The van der Waals surface area contributed by atoms with E-state index in [1.165, 1.54) is 19.2 Å². The number of methoxy groups -OCH3 is 2. The maximum Gasteiger partial charge on any atom is 0.254 e. The maximum absolute atomic E-state index is 13.9. The van der Waals surface area contributed by atoms with E-state index in [2.05, 4.69) is 0 Å². The van der Waals surface area contributed by atoms with Crippen LogP contribution in [0.15, 0.2) is 18.2 Å². The van der Waals surface area contributed by atoms with Gasteiger partial charge in [-0.15, -0.1) is 0 Å². The third kappa shape index (κ3) is 3.52. The van der Waals surface area contributed by atoms with E-state index in [0.717, 1.165) is 12.8 Å². The van der Waals surface area contributed by atoms with Gasteiger partial charge in [-0.05, 0) is 50.8 Å². The number of halogens is 1. The molecule has 3 rings (SSSR count). The molecule has 0 spiro atoms. The second-order valence-corrected chi connectivity index (χ2v) is 7.47. The van der Waals surface area contributed by atoms with Crippen LogP contribution in [0.5, 0.6) is 5.75 Å². The third-order valence-corrected chi connectivity index (χ3v) is 5.65. The fourth-order valence-corrected chi connectivity index (χ4v) is 4.24. The molecule has 1 aromatic carbocycles. The smallest absolute Gasteiger partial charge is 0.254 e. The van der Waals surface area contributed by atoms with E-state index in [1.807, 2.05) is 18.7 Å². The first-order valence-corrected chi connectivity index (χ1v) is 9.36. The fraction of sp³-hybridized carbons (Fsp3) is 0.600. The lowest BCUT2D eigenvalue weighted by Gasteiger charge is -2.53. The van der Waals surface area contributed by atoms with Crippen LogP contribution in [0.1, 0.15) is 37.0 Å². The van der Waals surface area contributed by atoms with Crippen molar-refractivity contribution < 1.29 is 23.5 Å². The Kier molecular flexibility index (Phi) is 5.69. The molecule has 6 nitrogen and oxygen atoms in total. The van der Waals surface area contributed by atoms with Crippen LogP contribution in [0.2, 0.25) is 0 Å². The van der Waals surface area contributed by atoms with Crippen molar-refractivity contribution in [3.63, 3.8) is 0 Å². The van der Waals surface area contributed by atoms with Gasteiger partial charge in [0.15, 0.2) is 17.7 Å². The van der Waals surface area contributed by atoms with E-state index in [4.69, 9.17) is 9.47 Å². The van der Waals surface area contributed by atoms with E-state index in [1.54, 1.807) is 18.1 Å². The van der Waals surface area contributed by atoms with Gasteiger partial charge in [0, 0.05) is 31.8 Å². The summed E-state index contributed by atoms with van der Waals surface area (Å²) < 4.78 is 24.2. The van der Waals surface area contributed by atoms with Gasteiger partial charge in [-0.2, -0.15) is 0 Å². The van der Waals surface area contributed by atoms with Gasteiger partial charge in [-0.1, -0.05) is 0 Å². The molecule has 148 valence electrons. The number of hydrogen-bond donors (Lipinski definition) is 0. The molecular weight excluding hydrogens is 351 g/mol. The molecule has 0 saturated carbocycles.